The second-order valence-electron chi connectivity index (χ2n) is 5.81. The van der Waals surface area contributed by atoms with Crippen molar-refractivity contribution in [3.8, 4) is 5.88 Å². The van der Waals surface area contributed by atoms with E-state index in [1.165, 1.54) is 6.42 Å². The summed E-state index contributed by atoms with van der Waals surface area (Å²) in [6.45, 7) is 3.45. The normalized spacial score (nSPS) is 23.2. The van der Waals surface area contributed by atoms with Crippen molar-refractivity contribution in [2.45, 2.75) is 45.1 Å². The Labute approximate surface area is 119 Å². The summed E-state index contributed by atoms with van der Waals surface area (Å²) in [5.74, 6) is 1.14. The van der Waals surface area contributed by atoms with Gasteiger partial charge in [0.25, 0.3) is 0 Å². The van der Waals surface area contributed by atoms with Crippen LogP contribution in [0.4, 0.5) is 0 Å². The smallest absolute Gasteiger partial charge is 0.233 e. The summed E-state index contributed by atoms with van der Waals surface area (Å²) < 4.78 is 5.85. The van der Waals surface area contributed by atoms with Crippen LogP contribution in [0.1, 0.15) is 37.8 Å². The Morgan fingerprint density at radius 2 is 2.10 bits per heavy atom. The third kappa shape index (κ3) is 2.92. The third-order valence-electron chi connectivity index (χ3n) is 4.21. The summed E-state index contributed by atoms with van der Waals surface area (Å²) in [5, 5.41) is 8.02. The van der Waals surface area contributed by atoms with Gasteiger partial charge in [-0.05, 0) is 38.7 Å². The monoisotopic (exact) mass is 275 g/mol. The Bertz CT molecular complexity index is 471. The molecule has 1 saturated heterocycles. The Morgan fingerprint density at radius 1 is 1.25 bits per heavy atom. The highest BCUT2D eigenvalue weighted by Gasteiger charge is 2.32. The van der Waals surface area contributed by atoms with Gasteiger partial charge in [-0.1, -0.05) is 6.42 Å². The van der Waals surface area contributed by atoms with E-state index in [0.29, 0.717) is 18.3 Å². The maximum absolute atomic E-state index is 12.3. The van der Waals surface area contributed by atoms with Crippen molar-refractivity contribution in [3.05, 3.63) is 17.8 Å². The molecule has 0 aromatic carbocycles. The van der Waals surface area contributed by atoms with Crippen LogP contribution in [-0.4, -0.2) is 40.2 Å². The summed E-state index contributed by atoms with van der Waals surface area (Å²) >= 11 is 0. The number of amides is 1. The first-order valence-corrected chi connectivity index (χ1v) is 7.48. The van der Waals surface area contributed by atoms with Gasteiger partial charge in [0.15, 0.2) is 0 Å². The van der Waals surface area contributed by atoms with E-state index < -0.39 is 0 Å². The molecule has 0 spiro atoms. The predicted molar refractivity (Wildman–Crippen MR) is 74.3 cm³/mol. The molecule has 2 heterocycles. The minimum atomic E-state index is 0.0461. The number of ether oxygens (including phenoxy) is 1. The molecule has 1 amide bonds. The molecular weight excluding hydrogens is 254 g/mol. The van der Waals surface area contributed by atoms with Crippen LogP contribution < -0.4 is 4.74 Å². The number of nitrogens with zero attached hydrogens (tertiary/aromatic N) is 3. The quantitative estimate of drug-likeness (QED) is 0.846. The van der Waals surface area contributed by atoms with Crippen molar-refractivity contribution < 1.29 is 9.53 Å². The lowest BCUT2D eigenvalue weighted by molar-refractivity contribution is -0.140. The van der Waals surface area contributed by atoms with Crippen LogP contribution in [0.25, 0.3) is 0 Å². The van der Waals surface area contributed by atoms with Gasteiger partial charge in [-0.2, -0.15) is 5.10 Å². The van der Waals surface area contributed by atoms with Crippen LogP contribution in [-0.2, 0) is 4.79 Å². The summed E-state index contributed by atoms with van der Waals surface area (Å²) in [7, 11) is 0. The molecule has 1 saturated carbocycles. The number of likely N-dealkylation sites (tertiary alicyclic amines) is 1. The number of hydrogen-bond acceptors (Lipinski definition) is 4. The van der Waals surface area contributed by atoms with Gasteiger partial charge in [-0.3, -0.25) is 4.79 Å². The molecule has 1 aliphatic heterocycles. The topological polar surface area (TPSA) is 55.3 Å². The standard InChI is InChI=1S/C15H21N3O2/c1-11-7-8-14(17-16-11)20-13-6-3-9-18(10-13)15(19)12-4-2-5-12/h7-8,12-13H,2-6,9-10H2,1H3. The van der Waals surface area contributed by atoms with E-state index in [1.807, 2.05) is 24.0 Å². The number of aromatic nitrogens is 2. The lowest BCUT2D eigenvalue weighted by Crippen LogP contribution is -2.47. The minimum Gasteiger partial charge on any atom is -0.471 e. The average molecular weight is 275 g/mol. The Hall–Kier alpha value is -1.65. The summed E-state index contributed by atoms with van der Waals surface area (Å²) in [6, 6.07) is 3.73. The molecule has 2 fully saturated rings. The van der Waals surface area contributed by atoms with Crippen LogP contribution in [0.15, 0.2) is 12.1 Å². The predicted octanol–water partition coefficient (Wildman–Crippen LogP) is 1.95. The molecule has 1 unspecified atom stereocenters. The zero-order chi connectivity index (χ0) is 13.9. The molecule has 0 N–H and O–H groups in total. The Balaban J connectivity index is 1.57. The first-order valence-electron chi connectivity index (χ1n) is 7.48. The highest BCUT2D eigenvalue weighted by Crippen LogP contribution is 2.29. The van der Waals surface area contributed by atoms with Crippen molar-refractivity contribution in [3.63, 3.8) is 0 Å². The van der Waals surface area contributed by atoms with Gasteiger partial charge in [0.2, 0.25) is 11.8 Å². The number of rotatable bonds is 3. The number of aryl methyl sites for hydroxylation is 1. The fourth-order valence-corrected chi connectivity index (χ4v) is 2.77. The van der Waals surface area contributed by atoms with Crippen LogP contribution >= 0.6 is 0 Å². The molecule has 1 aromatic rings. The molecule has 5 heteroatoms. The third-order valence-corrected chi connectivity index (χ3v) is 4.21. The molecule has 20 heavy (non-hydrogen) atoms. The maximum atomic E-state index is 12.3. The SMILES string of the molecule is Cc1ccc(OC2CCCN(C(=O)C3CCC3)C2)nn1. The van der Waals surface area contributed by atoms with E-state index in [4.69, 9.17) is 4.74 Å². The molecule has 5 nitrogen and oxygen atoms in total. The van der Waals surface area contributed by atoms with Gasteiger partial charge < -0.3 is 9.64 Å². The molecule has 1 atom stereocenters. The fourth-order valence-electron chi connectivity index (χ4n) is 2.77. The molecule has 2 aliphatic rings. The Kier molecular flexibility index (Phi) is 3.85. The number of hydrogen-bond donors (Lipinski definition) is 0. The van der Waals surface area contributed by atoms with Crippen LogP contribution in [0.2, 0.25) is 0 Å². The first kappa shape index (κ1) is 13.3. The number of carbonyl (C=O) groups is 1. The van der Waals surface area contributed by atoms with Crippen LogP contribution in [0, 0.1) is 12.8 Å². The maximum Gasteiger partial charge on any atom is 0.233 e. The summed E-state index contributed by atoms with van der Waals surface area (Å²) in [6.07, 6.45) is 5.34. The molecular formula is C15H21N3O2. The molecule has 3 rings (SSSR count). The molecule has 1 aliphatic carbocycles. The van der Waals surface area contributed by atoms with Gasteiger partial charge in [0.05, 0.1) is 12.2 Å². The fraction of sp³-hybridized carbons (Fsp3) is 0.667. The highest BCUT2D eigenvalue weighted by atomic mass is 16.5. The Morgan fingerprint density at radius 3 is 2.75 bits per heavy atom. The molecule has 1 aromatic heterocycles. The average Bonchev–Trinajstić information content (AvgIpc) is 2.40. The lowest BCUT2D eigenvalue weighted by Gasteiger charge is -2.36. The van der Waals surface area contributed by atoms with E-state index in [0.717, 1.165) is 37.9 Å². The number of piperidine rings is 1. The molecule has 108 valence electrons. The summed E-state index contributed by atoms with van der Waals surface area (Å²) in [5.41, 5.74) is 0.878. The largest absolute Gasteiger partial charge is 0.471 e. The van der Waals surface area contributed by atoms with Gasteiger partial charge in [-0.15, -0.1) is 5.10 Å². The second kappa shape index (κ2) is 5.77. The summed E-state index contributed by atoms with van der Waals surface area (Å²) in [4.78, 5) is 14.2. The van der Waals surface area contributed by atoms with Gasteiger partial charge in [0, 0.05) is 18.5 Å². The molecule has 0 radical (unpaired) electrons. The van der Waals surface area contributed by atoms with Crippen LogP contribution in [0.3, 0.4) is 0 Å². The minimum absolute atomic E-state index is 0.0461. The van der Waals surface area contributed by atoms with E-state index in [1.54, 1.807) is 0 Å². The van der Waals surface area contributed by atoms with Gasteiger partial charge in [-0.25, -0.2) is 0 Å². The van der Waals surface area contributed by atoms with E-state index in [-0.39, 0.29) is 12.0 Å². The lowest BCUT2D eigenvalue weighted by atomic mass is 9.84. The van der Waals surface area contributed by atoms with Crippen molar-refractivity contribution >= 4 is 5.91 Å². The van der Waals surface area contributed by atoms with Crippen molar-refractivity contribution in [2.75, 3.05) is 13.1 Å². The number of carbonyl (C=O) groups excluding carboxylic acids is 1. The van der Waals surface area contributed by atoms with Crippen molar-refractivity contribution in [1.82, 2.24) is 15.1 Å². The van der Waals surface area contributed by atoms with Crippen molar-refractivity contribution in [1.29, 1.82) is 0 Å². The van der Waals surface area contributed by atoms with E-state index in [2.05, 4.69) is 10.2 Å². The van der Waals surface area contributed by atoms with E-state index >= 15 is 0 Å². The zero-order valence-corrected chi connectivity index (χ0v) is 11.9. The van der Waals surface area contributed by atoms with Crippen molar-refractivity contribution in [2.24, 2.45) is 5.92 Å². The zero-order valence-electron chi connectivity index (χ0n) is 11.9. The van der Waals surface area contributed by atoms with Crippen LogP contribution in [0.5, 0.6) is 5.88 Å². The van der Waals surface area contributed by atoms with E-state index in [9.17, 15) is 4.79 Å². The van der Waals surface area contributed by atoms with Gasteiger partial charge >= 0.3 is 0 Å². The van der Waals surface area contributed by atoms with Gasteiger partial charge in [0.1, 0.15) is 6.10 Å². The highest BCUT2D eigenvalue weighted by molar-refractivity contribution is 5.79. The first-order chi connectivity index (χ1) is 9.72. The second-order valence-corrected chi connectivity index (χ2v) is 5.81. The molecule has 0 bridgehead atoms.